The van der Waals surface area contributed by atoms with Crippen molar-refractivity contribution in [3.8, 4) is 11.1 Å². The van der Waals surface area contributed by atoms with E-state index in [0.29, 0.717) is 0 Å². The van der Waals surface area contributed by atoms with E-state index in [9.17, 15) is 13.2 Å². The van der Waals surface area contributed by atoms with Crippen LogP contribution >= 0.6 is 11.3 Å². The summed E-state index contributed by atoms with van der Waals surface area (Å²) >= 11 is 1.12. The van der Waals surface area contributed by atoms with Gasteiger partial charge in [-0.05, 0) is 48.6 Å². The van der Waals surface area contributed by atoms with Crippen molar-refractivity contribution >= 4 is 33.0 Å². The van der Waals surface area contributed by atoms with Crippen LogP contribution in [-0.2, 0) is 14.8 Å². The molecule has 1 N–H and O–H groups in total. The van der Waals surface area contributed by atoms with Crippen molar-refractivity contribution in [1.82, 2.24) is 0 Å². The smallest absolute Gasteiger partial charge is 0.350 e. The van der Waals surface area contributed by atoms with Crippen molar-refractivity contribution in [2.75, 3.05) is 11.8 Å². The molecule has 3 rings (SSSR count). The van der Waals surface area contributed by atoms with Crippen LogP contribution in [0.3, 0.4) is 0 Å². The molecule has 0 bridgehead atoms. The molecule has 2 aromatic carbocycles. The SMILES string of the molecule is COC(=O)c1sccc1NS(=O)(=O)c1cccc(-c2cc(C)cc(C)c2)c1. The number of thiophene rings is 1. The molecule has 3 aromatic rings. The van der Waals surface area contributed by atoms with E-state index >= 15 is 0 Å². The van der Waals surface area contributed by atoms with Gasteiger partial charge in [0.2, 0.25) is 0 Å². The highest BCUT2D eigenvalue weighted by Crippen LogP contribution is 2.28. The number of anilines is 1. The van der Waals surface area contributed by atoms with Gasteiger partial charge in [0.15, 0.2) is 0 Å². The van der Waals surface area contributed by atoms with Gasteiger partial charge in [0, 0.05) is 0 Å². The Bertz CT molecular complexity index is 1080. The molecule has 0 aliphatic heterocycles. The average molecular weight is 402 g/mol. The van der Waals surface area contributed by atoms with Gasteiger partial charge in [-0.2, -0.15) is 0 Å². The number of hydrogen-bond donors (Lipinski definition) is 1. The number of esters is 1. The molecule has 0 aliphatic rings. The number of carbonyl (C=O) groups is 1. The van der Waals surface area contributed by atoms with Gasteiger partial charge in [0.25, 0.3) is 10.0 Å². The molecule has 140 valence electrons. The highest BCUT2D eigenvalue weighted by atomic mass is 32.2. The summed E-state index contributed by atoms with van der Waals surface area (Å²) in [5, 5.41) is 1.63. The normalized spacial score (nSPS) is 11.2. The number of benzene rings is 2. The van der Waals surface area contributed by atoms with Crippen LogP contribution in [-0.4, -0.2) is 21.5 Å². The first-order valence-electron chi connectivity index (χ1n) is 8.17. The van der Waals surface area contributed by atoms with Crippen LogP contribution in [0.2, 0.25) is 0 Å². The molecule has 27 heavy (non-hydrogen) atoms. The third-order valence-electron chi connectivity index (χ3n) is 3.98. The zero-order valence-electron chi connectivity index (χ0n) is 15.1. The number of ether oxygens (including phenoxy) is 1. The average Bonchev–Trinajstić information content (AvgIpc) is 3.08. The molecule has 7 heteroatoms. The number of hydrogen-bond acceptors (Lipinski definition) is 5. The maximum absolute atomic E-state index is 12.8. The van der Waals surface area contributed by atoms with Gasteiger partial charge >= 0.3 is 5.97 Å². The summed E-state index contributed by atoms with van der Waals surface area (Å²) in [6.07, 6.45) is 0. The topological polar surface area (TPSA) is 72.5 Å². The first-order valence-corrected chi connectivity index (χ1v) is 10.5. The lowest BCUT2D eigenvalue weighted by molar-refractivity contribution is 0.0607. The Morgan fingerprint density at radius 2 is 1.70 bits per heavy atom. The molecule has 1 heterocycles. The quantitative estimate of drug-likeness (QED) is 0.633. The highest BCUT2D eigenvalue weighted by molar-refractivity contribution is 7.92. The maximum Gasteiger partial charge on any atom is 0.350 e. The predicted octanol–water partition coefficient (Wildman–Crippen LogP) is 4.62. The fourth-order valence-electron chi connectivity index (χ4n) is 2.83. The van der Waals surface area contributed by atoms with Crippen LogP contribution in [0.15, 0.2) is 58.8 Å². The van der Waals surface area contributed by atoms with Crippen LogP contribution in [0.1, 0.15) is 20.8 Å². The van der Waals surface area contributed by atoms with Crippen molar-refractivity contribution in [1.29, 1.82) is 0 Å². The minimum atomic E-state index is -3.85. The van der Waals surface area contributed by atoms with E-state index in [4.69, 9.17) is 4.74 Å². The first-order chi connectivity index (χ1) is 12.8. The molecule has 0 unspecified atom stereocenters. The van der Waals surface area contributed by atoms with Crippen molar-refractivity contribution in [2.24, 2.45) is 0 Å². The van der Waals surface area contributed by atoms with E-state index in [1.165, 1.54) is 13.2 Å². The van der Waals surface area contributed by atoms with E-state index in [1.807, 2.05) is 32.0 Å². The number of sulfonamides is 1. The van der Waals surface area contributed by atoms with E-state index < -0.39 is 16.0 Å². The minimum Gasteiger partial charge on any atom is -0.465 e. The van der Waals surface area contributed by atoms with E-state index in [2.05, 4.69) is 10.8 Å². The van der Waals surface area contributed by atoms with Gasteiger partial charge in [-0.1, -0.05) is 41.5 Å². The summed E-state index contributed by atoms with van der Waals surface area (Å²) in [5.41, 5.74) is 4.19. The summed E-state index contributed by atoms with van der Waals surface area (Å²) in [6, 6.07) is 14.4. The Morgan fingerprint density at radius 3 is 2.37 bits per heavy atom. The zero-order valence-corrected chi connectivity index (χ0v) is 16.8. The standard InChI is InChI=1S/C20H19NO4S2/c1-13-9-14(2)11-16(10-13)15-5-4-6-17(12-15)27(23,24)21-18-7-8-26-19(18)20(22)25-3/h4-12,21H,1-3H3. The Hall–Kier alpha value is -2.64. The molecule has 0 saturated carbocycles. The maximum atomic E-state index is 12.8. The highest BCUT2D eigenvalue weighted by Gasteiger charge is 2.20. The Balaban J connectivity index is 1.96. The molecule has 0 fully saturated rings. The summed E-state index contributed by atoms with van der Waals surface area (Å²) in [5.74, 6) is -0.577. The summed E-state index contributed by atoms with van der Waals surface area (Å²) in [6.45, 7) is 4.01. The molecular formula is C20H19NO4S2. The van der Waals surface area contributed by atoms with Crippen LogP contribution < -0.4 is 4.72 Å². The van der Waals surface area contributed by atoms with Crippen LogP contribution in [0, 0.1) is 13.8 Å². The Morgan fingerprint density at radius 1 is 1.00 bits per heavy atom. The zero-order chi connectivity index (χ0) is 19.6. The lowest BCUT2D eigenvalue weighted by Gasteiger charge is -2.11. The predicted molar refractivity (Wildman–Crippen MR) is 108 cm³/mol. The summed E-state index contributed by atoms with van der Waals surface area (Å²) in [7, 11) is -2.59. The van der Waals surface area contributed by atoms with Crippen LogP contribution in [0.4, 0.5) is 5.69 Å². The van der Waals surface area contributed by atoms with Crippen molar-refractivity contribution < 1.29 is 17.9 Å². The molecule has 0 spiro atoms. The summed E-state index contributed by atoms with van der Waals surface area (Å²) < 4.78 is 32.8. The summed E-state index contributed by atoms with van der Waals surface area (Å²) in [4.78, 5) is 12.1. The Labute approximate surface area is 162 Å². The molecule has 0 radical (unpaired) electrons. The third-order valence-corrected chi connectivity index (χ3v) is 6.24. The van der Waals surface area contributed by atoms with E-state index in [1.54, 1.807) is 23.6 Å². The van der Waals surface area contributed by atoms with Crippen molar-refractivity contribution in [3.05, 3.63) is 69.9 Å². The second-order valence-electron chi connectivity index (χ2n) is 6.16. The van der Waals surface area contributed by atoms with Gasteiger partial charge < -0.3 is 4.74 Å². The number of carbonyl (C=O) groups excluding carboxylic acids is 1. The molecule has 0 aliphatic carbocycles. The largest absolute Gasteiger partial charge is 0.465 e. The van der Waals surface area contributed by atoms with E-state index in [-0.39, 0.29) is 15.5 Å². The second kappa shape index (κ2) is 7.54. The van der Waals surface area contributed by atoms with Crippen LogP contribution in [0.25, 0.3) is 11.1 Å². The van der Waals surface area contributed by atoms with Gasteiger partial charge in [-0.15, -0.1) is 11.3 Å². The molecule has 0 saturated heterocycles. The molecule has 0 atom stereocenters. The van der Waals surface area contributed by atoms with Gasteiger partial charge in [-0.3, -0.25) is 4.72 Å². The molecule has 5 nitrogen and oxygen atoms in total. The van der Waals surface area contributed by atoms with Gasteiger partial charge in [0.05, 0.1) is 17.7 Å². The lowest BCUT2D eigenvalue weighted by Crippen LogP contribution is -2.14. The van der Waals surface area contributed by atoms with Gasteiger partial charge in [-0.25, -0.2) is 13.2 Å². The molecule has 1 aromatic heterocycles. The number of nitrogens with one attached hydrogen (secondary N) is 1. The fraction of sp³-hybridized carbons (Fsp3) is 0.150. The lowest BCUT2D eigenvalue weighted by atomic mass is 10.0. The third kappa shape index (κ3) is 4.20. The van der Waals surface area contributed by atoms with Crippen molar-refractivity contribution in [3.63, 3.8) is 0 Å². The van der Waals surface area contributed by atoms with E-state index in [0.717, 1.165) is 33.6 Å². The monoisotopic (exact) mass is 401 g/mol. The van der Waals surface area contributed by atoms with Crippen molar-refractivity contribution in [2.45, 2.75) is 18.7 Å². The number of methoxy groups -OCH3 is 1. The number of aryl methyl sites for hydroxylation is 2. The first kappa shape index (κ1) is 19.1. The minimum absolute atomic E-state index is 0.126. The molecule has 0 amide bonds. The van der Waals surface area contributed by atoms with Crippen LogP contribution in [0.5, 0.6) is 0 Å². The van der Waals surface area contributed by atoms with Gasteiger partial charge in [0.1, 0.15) is 4.88 Å². The number of rotatable bonds is 5. The Kier molecular flexibility index (Phi) is 5.34. The second-order valence-corrected chi connectivity index (χ2v) is 8.76. The molecular weight excluding hydrogens is 382 g/mol. The fourth-order valence-corrected chi connectivity index (χ4v) is 4.78.